The number of hydrogen-bond donors (Lipinski definition) is 0. The molecule has 0 unspecified atom stereocenters. The number of anilines is 2. The summed E-state index contributed by atoms with van der Waals surface area (Å²) in [7, 11) is 4.03. The van der Waals surface area contributed by atoms with Gasteiger partial charge in [0.15, 0.2) is 0 Å². The summed E-state index contributed by atoms with van der Waals surface area (Å²) in [6.45, 7) is 8.95. The lowest BCUT2D eigenvalue weighted by Crippen LogP contribution is -2.55. The molecule has 2 aliphatic heterocycles. The summed E-state index contributed by atoms with van der Waals surface area (Å²) in [5, 5.41) is 9.46. The largest absolute Gasteiger partial charge is 0.462 e. The second-order valence-electron chi connectivity index (χ2n) is 11.1. The van der Waals surface area contributed by atoms with Crippen LogP contribution in [0.5, 0.6) is 6.01 Å². The maximum atomic E-state index is 12.5. The Morgan fingerprint density at radius 2 is 2.08 bits per heavy atom. The van der Waals surface area contributed by atoms with E-state index in [2.05, 4.69) is 58.5 Å². The van der Waals surface area contributed by atoms with Crippen molar-refractivity contribution in [1.29, 1.82) is 5.26 Å². The molecule has 0 spiro atoms. The second kappa shape index (κ2) is 11.6. The van der Waals surface area contributed by atoms with Gasteiger partial charge in [0, 0.05) is 55.9 Å². The topological polar surface area (TPSA) is 88.8 Å². The number of nitrogens with zero attached hydrogens (tertiary/aromatic N) is 7. The molecule has 1 aromatic heterocycles. The standard InChI is InChI=1S/C30H39N7O2/c1-5-28(38)36-15-14-35(20-24(36)12-13-31)29-25-11-10-23(37-21(2)18-22-8-6-7-9-27(22)37)19-26(25)32-30(33-29)39-17-16-34(3)4/h5-9,21,23-24H,1,10-12,14-20H2,2-4H3/t21-,23+,24+/m1/s1. The van der Waals surface area contributed by atoms with Gasteiger partial charge in [-0.25, -0.2) is 0 Å². The van der Waals surface area contributed by atoms with Gasteiger partial charge in [-0.05, 0) is 58.0 Å². The molecule has 1 aromatic carbocycles. The number of carbonyl (C=O) groups is 1. The molecule has 9 heteroatoms. The van der Waals surface area contributed by atoms with Crippen molar-refractivity contribution >= 4 is 17.4 Å². The summed E-state index contributed by atoms with van der Waals surface area (Å²) in [4.78, 5) is 31.0. The number of aromatic nitrogens is 2. The van der Waals surface area contributed by atoms with Crippen molar-refractivity contribution in [1.82, 2.24) is 19.8 Å². The number of hydrogen-bond acceptors (Lipinski definition) is 8. The van der Waals surface area contributed by atoms with Gasteiger partial charge in [0.1, 0.15) is 12.4 Å². The first-order chi connectivity index (χ1) is 18.9. The van der Waals surface area contributed by atoms with Crippen molar-refractivity contribution in [2.24, 2.45) is 0 Å². The van der Waals surface area contributed by atoms with Gasteiger partial charge in [-0.2, -0.15) is 15.2 Å². The van der Waals surface area contributed by atoms with Crippen LogP contribution in [0.3, 0.4) is 0 Å². The van der Waals surface area contributed by atoms with Gasteiger partial charge in [-0.3, -0.25) is 4.79 Å². The third-order valence-corrected chi connectivity index (χ3v) is 8.20. The van der Waals surface area contributed by atoms with Gasteiger partial charge in [0.2, 0.25) is 5.91 Å². The minimum atomic E-state index is -0.212. The van der Waals surface area contributed by atoms with Gasteiger partial charge in [0.25, 0.3) is 0 Å². The smallest absolute Gasteiger partial charge is 0.318 e. The molecule has 206 valence electrons. The third-order valence-electron chi connectivity index (χ3n) is 8.20. The summed E-state index contributed by atoms with van der Waals surface area (Å²) in [5.74, 6) is 0.761. The molecule has 0 bridgehead atoms. The second-order valence-corrected chi connectivity index (χ2v) is 11.1. The molecule has 2 aromatic rings. The van der Waals surface area contributed by atoms with Crippen LogP contribution in [0.2, 0.25) is 0 Å². The summed E-state index contributed by atoms with van der Waals surface area (Å²) < 4.78 is 6.07. The summed E-state index contributed by atoms with van der Waals surface area (Å²) in [5.41, 5.74) is 4.99. The van der Waals surface area contributed by atoms with Crippen LogP contribution in [-0.4, -0.2) is 90.7 Å². The van der Waals surface area contributed by atoms with Gasteiger partial charge in [-0.1, -0.05) is 24.8 Å². The van der Waals surface area contributed by atoms with Gasteiger partial charge in [0.05, 0.1) is 24.2 Å². The molecule has 0 N–H and O–H groups in total. The molecule has 0 saturated carbocycles. The van der Waals surface area contributed by atoms with Crippen molar-refractivity contribution in [2.45, 2.75) is 57.2 Å². The number of nitriles is 1. The fraction of sp³-hybridized carbons (Fsp3) is 0.533. The fourth-order valence-corrected chi connectivity index (χ4v) is 6.32. The van der Waals surface area contributed by atoms with E-state index in [1.165, 1.54) is 22.9 Å². The number of likely N-dealkylation sites (N-methyl/N-ethyl adjacent to an activating group) is 1. The van der Waals surface area contributed by atoms with Crippen LogP contribution in [-0.2, 0) is 24.1 Å². The number of benzene rings is 1. The average molecular weight is 530 g/mol. The number of piperazine rings is 1. The highest BCUT2D eigenvalue weighted by molar-refractivity contribution is 5.87. The van der Waals surface area contributed by atoms with E-state index in [1.807, 2.05) is 14.1 Å². The average Bonchev–Trinajstić information content (AvgIpc) is 3.27. The van der Waals surface area contributed by atoms with Crippen LogP contribution in [0.1, 0.15) is 36.6 Å². The molecular weight excluding hydrogens is 490 g/mol. The minimum absolute atomic E-state index is 0.129. The van der Waals surface area contributed by atoms with E-state index >= 15 is 0 Å². The zero-order valence-electron chi connectivity index (χ0n) is 23.3. The molecule has 3 heterocycles. The predicted octanol–water partition coefficient (Wildman–Crippen LogP) is 2.84. The Labute approximate surface area is 231 Å². The van der Waals surface area contributed by atoms with Crippen LogP contribution >= 0.6 is 0 Å². The molecule has 1 aliphatic carbocycles. The third kappa shape index (κ3) is 5.57. The molecule has 3 aliphatic rings. The molecule has 1 amide bonds. The van der Waals surface area contributed by atoms with E-state index in [0.29, 0.717) is 44.3 Å². The number of ether oxygens (including phenoxy) is 1. The molecular formula is C30H39N7O2. The van der Waals surface area contributed by atoms with Crippen molar-refractivity contribution in [3.8, 4) is 12.1 Å². The van der Waals surface area contributed by atoms with E-state index < -0.39 is 0 Å². The molecule has 9 nitrogen and oxygen atoms in total. The minimum Gasteiger partial charge on any atom is -0.462 e. The molecule has 5 rings (SSSR count). The van der Waals surface area contributed by atoms with Crippen LogP contribution < -0.4 is 14.5 Å². The molecule has 1 saturated heterocycles. The Morgan fingerprint density at radius 3 is 2.85 bits per heavy atom. The number of rotatable bonds is 8. The number of fused-ring (bicyclic) bond motifs is 2. The Bertz CT molecular complexity index is 1260. The Hall–Kier alpha value is -3.64. The summed E-state index contributed by atoms with van der Waals surface area (Å²) >= 11 is 0. The quantitative estimate of drug-likeness (QED) is 0.483. The van der Waals surface area contributed by atoms with E-state index in [0.717, 1.165) is 43.7 Å². The van der Waals surface area contributed by atoms with Crippen LogP contribution in [0.4, 0.5) is 11.5 Å². The van der Waals surface area contributed by atoms with Gasteiger partial charge < -0.3 is 24.3 Å². The lowest BCUT2D eigenvalue weighted by Gasteiger charge is -2.42. The van der Waals surface area contributed by atoms with Crippen molar-refractivity contribution in [3.05, 3.63) is 53.7 Å². The van der Waals surface area contributed by atoms with Crippen molar-refractivity contribution < 1.29 is 9.53 Å². The fourth-order valence-electron chi connectivity index (χ4n) is 6.32. The normalized spacial score (nSPS) is 22.3. The lowest BCUT2D eigenvalue weighted by atomic mass is 9.90. The van der Waals surface area contributed by atoms with E-state index in [9.17, 15) is 10.1 Å². The van der Waals surface area contributed by atoms with Gasteiger partial charge >= 0.3 is 6.01 Å². The molecule has 39 heavy (non-hydrogen) atoms. The predicted molar refractivity (Wildman–Crippen MR) is 152 cm³/mol. The highest BCUT2D eigenvalue weighted by atomic mass is 16.5. The zero-order chi connectivity index (χ0) is 27.5. The maximum Gasteiger partial charge on any atom is 0.318 e. The van der Waals surface area contributed by atoms with E-state index in [4.69, 9.17) is 14.7 Å². The first-order valence-corrected chi connectivity index (χ1v) is 14.0. The van der Waals surface area contributed by atoms with Crippen molar-refractivity contribution in [3.63, 3.8) is 0 Å². The number of carbonyl (C=O) groups excluding carboxylic acids is 1. The molecule has 0 radical (unpaired) electrons. The Kier molecular flexibility index (Phi) is 8.03. The summed E-state index contributed by atoms with van der Waals surface area (Å²) in [6.07, 6.45) is 5.42. The molecule has 1 fully saturated rings. The SMILES string of the molecule is C=CC(=O)N1CCN(c2nc(OCCN(C)C)nc3c2CC[C@H](N2c4ccccc4C[C@H]2C)C3)C[C@@H]1CC#N. The Balaban J connectivity index is 1.45. The highest BCUT2D eigenvalue weighted by Gasteiger charge is 2.37. The van der Waals surface area contributed by atoms with Crippen LogP contribution in [0, 0.1) is 11.3 Å². The van der Waals surface area contributed by atoms with Crippen molar-refractivity contribution in [2.75, 3.05) is 56.7 Å². The number of amides is 1. The first kappa shape index (κ1) is 26.9. The van der Waals surface area contributed by atoms with Crippen LogP contribution in [0.15, 0.2) is 36.9 Å². The monoisotopic (exact) mass is 529 g/mol. The lowest BCUT2D eigenvalue weighted by molar-refractivity contribution is -0.128. The van der Waals surface area contributed by atoms with Crippen LogP contribution in [0.25, 0.3) is 0 Å². The molecule has 3 atom stereocenters. The maximum absolute atomic E-state index is 12.5. The van der Waals surface area contributed by atoms with E-state index in [-0.39, 0.29) is 18.4 Å². The number of para-hydroxylation sites is 1. The highest BCUT2D eigenvalue weighted by Crippen LogP contribution is 2.39. The summed E-state index contributed by atoms with van der Waals surface area (Å²) in [6, 6.07) is 12.0. The Morgan fingerprint density at radius 1 is 1.26 bits per heavy atom. The van der Waals surface area contributed by atoms with Gasteiger partial charge in [-0.15, -0.1) is 0 Å². The van der Waals surface area contributed by atoms with E-state index in [1.54, 1.807) is 4.90 Å². The zero-order valence-corrected chi connectivity index (χ0v) is 23.3. The first-order valence-electron chi connectivity index (χ1n) is 14.0.